The summed E-state index contributed by atoms with van der Waals surface area (Å²) < 4.78 is 5.43. The zero-order valence-corrected chi connectivity index (χ0v) is 9.47. The van der Waals surface area contributed by atoms with Gasteiger partial charge in [-0.05, 0) is 20.4 Å². The zero-order chi connectivity index (χ0) is 10.6. The van der Waals surface area contributed by atoms with Gasteiger partial charge in [-0.1, -0.05) is 0 Å². The molecule has 3 unspecified atom stereocenters. The number of ether oxygens (including phenoxy) is 1. The van der Waals surface area contributed by atoms with Gasteiger partial charge in [-0.15, -0.1) is 0 Å². The van der Waals surface area contributed by atoms with Gasteiger partial charge in [0.2, 0.25) is 5.91 Å². The molecule has 1 saturated heterocycles. The summed E-state index contributed by atoms with van der Waals surface area (Å²) in [6.45, 7) is 2.91. The molecule has 1 amide bonds. The SMILES string of the molecule is CNC(CSC1CCOC1C)C(N)=O. The minimum absolute atomic E-state index is 0.229. The highest BCUT2D eigenvalue weighted by molar-refractivity contribution is 8.00. The fourth-order valence-electron chi connectivity index (χ4n) is 1.46. The molecule has 0 aromatic carbocycles. The van der Waals surface area contributed by atoms with E-state index in [2.05, 4.69) is 12.2 Å². The lowest BCUT2D eigenvalue weighted by Gasteiger charge is -2.17. The molecule has 14 heavy (non-hydrogen) atoms. The Bertz CT molecular complexity index is 201. The van der Waals surface area contributed by atoms with E-state index >= 15 is 0 Å². The van der Waals surface area contributed by atoms with Crippen LogP contribution in [0.3, 0.4) is 0 Å². The number of nitrogens with two attached hydrogens (primary N) is 1. The van der Waals surface area contributed by atoms with Crippen molar-refractivity contribution in [3.05, 3.63) is 0 Å². The van der Waals surface area contributed by atoms with Crippen molar-refractivity contribution in [2.75, 3.05) is 19.4 Å². The van der Waals surface area contributed by atoms with E-state index in [9.17, 15) is 4.79 Å². The summed E-state index contributed by atoms with van der Waals surface area (Å²) in [5.41, 5.74) is 5.22. The van der Waals surface area contributed by atoms with E-state index in [0.717, 1.165) is 18.8 Å². The molecular weight excluding hydrogens is 200 g/mol. The van der Waals surface area contributed by atoms with E-state index in [1.807, 2.05) is 0 Å². The first kappa shape index (κ1) is 11.8. The minimum atomic E-state index is -0.286. The van der Waals surface area contributed by atoms with Crippen LogP contribution in [-0.2, 0) is 9.53 Å². The predicted molar refractivity (Wildman–Crippen MR) is 58.3 cm³/mol. The van der Waals surface area contributed by atoms with Gasteiger partial charge in [0.1, 0.15) is 0 Å². The first-order valence-electron chi connectivity index (χ1n) is 4.85. The van der Waals surface area contributed by atoms with Crippen molar-refractivity contribution in [3.63, 3.8) is 0 Å². The number of nitrogens with one attached hydrogen (secondary N) is 1. The van der Waals surface area contributed by atoms with Crippen LogP contribution in [0.25, 0.3) is 0 Å². The van der Waals surface area contributed by atoms with E-state index in [1.165, 1.54) is 0 Å². The summed E-state index contributed by atoms with van der Waals surface area (Å²) in [5, 5.41) is 3.41. The highest BCUT2D eigenvalue weighted by Crippen LogP contribution is 2.26. The van der Waals surface area contributed by atoms with Crippen LogP contribution >= 0.6 is 11.8 Å². The van der Waals surface area contributed by atoms with Gasteiger partial charge in [-0.25, -0.2) is 0 Å². The maximum atomic E-state index is 10.9. The Labute approximate surface area is 88.9 Å². The molecule has 0 bridgehead atoms. The largest absolute Gasteiger partial charge is 0.377 e. The number of carbonyl (C=O) groups excluding carboxylic acids is 1. The van der Waals surface area contributed by atoms with Crippen LogP contribution in [0, 0.1) is 0 Å². The van der Waals surface area contributed by atoms with Crippen molar-refractivity contribution < 1.29 is 9.53 Å². The average molecular weight is 218 g/mol. The Hall–Kier alpha value is -0.260. The van der Waals surface area contributed by atoms with Crippen molar-refractivity contribution >= 4 is 17.7 Å². The van der Waals surface area contributed by atoms with Crippen LogP contribution in [0.2, 0.25) is 0 Å². The molecule has 3 N–H and O–H groups in total. The molecule has 0 aromatic rings. The number of thioether (sulfide) groups is 1. The monoisotopic (exact) mass is 218 g/mol. The van der Waals surface area contributed by atoms with Crippen molar-refractivity contribution in [2.45, 2.75) is 30.7 Å². The Balaban J connectivity index is 2.27. The summed E-state index contributed by atoms with van der Waals surface area (Å²) in [6.07, 6.45) is 1.37. The smallest absolute Gasteiger partial charge is 0.235 e. The molecule has 0 radical (unpaired) electrons. The second kappa shape index (κ2) is 5.58. The van der Waals surface area contributed by atoms with Crippen LogP contribution in [0.1, 0.15) is 13.3 Å². The van der Waals surface area contributed by atoms with Gasteiger partial charge in [0.25, 0.3) is 0 Å². The molecule has 4 nitrogen and oxygen atoms in total. The molecular formula is C9H18N2O2S. The molecule has 1 aliphatic heterocycles. The third kappa shape index (κ3) is 3.15. The number of likely N-dealkylation sites (N-methyl/N-ethyl adjacent to an activating group) is 1. The third-order valence-corrected chi connectivity index (χ3v) is 4.05. The lowest BCUT2D eigenvalue weighted by Crippen LogP contribution is -2.41. The normalized spacial score (nSPS) is 29.0. The molecule has 1 heterocycles. The first-order valence-corrected chi connectivity index (χ1v) is 5.89. The first-order chi connectivity index (χ1) is 6.65. The quantitative estimate of drug-likeness (QED) is 0.680. The lowest BCUT2D eigenvalue weighted by molar-refractivity contribution is -0.119. The zero-order valence-electron chi connectivity index (χ0n) is 8.66. The summed E-state index contributed by atoms with van der Waals surface area (Å²) >= 11 is 1.76. The second-order valence-electron chi connectivity index (χ2n) is 3.48. The van der Waals surface area contributed by atoms with Crippen LogP contribution in [-0.4, -0.2) is 42.7 Å². The summed E-state index contributed by atoms with van der Waals surface area (Å²) in [4.78, 5) is 10.9. The van der Waals surface area contributed by atoms with Gasteiger partial charge in [-0.2, -0.15) is 11.8 Å². The molecule has 0 aromatic heterocycles. The van der Waals surface area contributed by atoms with Gasteiger partial charge in [-0.3, -0.25) is 4.79 Å². The number of rotatable bonds is 5. The van der Waals surface area contributed by atoms with Crippen LogP contribution in [0.5, 0.6) is 0 Å². The van der Waals surface area contributed by atoms with Crippen molar-refractivity contribution in [3.8, 4) is 0 Å². The highest BCUT2D eigenvalue weighted by atomic mass is 32.2. The van der Waals surface area contributed by atoms with Crippen molar-refractivity contribution in [1.82, 2.24) is 5.32 Å². The molecule has 5 heteroatoms. The standard InChI is InChI=1S/C9H18N2O2S/c1-6-8(3-4-13-6)14-5-7(11-2)9(10)12/h6-8,11H,3-5H2,1-2H3,(H2,10,12). The molecule has 0 aliphatic carbocycles. The Morgan fingerprint density at radius 1 is 1.79 bits per heavy atom. The number of hydrogen-bond acceptors (Lipinski definition) is 4. The number of hydrogen-bond donors (Lipinski definition) is 2. The maximum absolute atomic E-state index is 10.9. The second-order valence-corrected chi connectivity index (χ2v) is 4.75. The Kier molecular flexibility index (Phi) is 4.71. The number of primary amides is 1. The van der Waals surface area contributed by atoms with Gasteiger partial charge < -0.3 is 15.8 Å². The summed E-state index contributed by atoms with van der Waals surface area (Å²) in [5.74, 6) is 0.441. The van der Waals surface area contributed by atoms with Crippen LogP contribution in [0.15, 0.2) is 0 Å². The number of amides is 1. The third-order valence-electron chi connectivity index (χ3n) is 2.48. The molecule has 82 valence electrons. The van der Waals surface area contributed by atoms with Gasteiger partial charge in [0.15, 0.2) is 0 Å². The van der Waals surface area contributed by atoms with E-state index in [1.54, 1.807) is 18.8 Å². The molecule has 3 atom stereocenters. The minimum Gasteiger partial charge on any atom is -0.377 e. The van der Waals surface area contributed by atoms with Crippen LogP contribution in [0.4, 0.5) is 0 Å². The molecule has 1 rings (SSSR count). The molecule has 0 spiro atoms. The van der Waals surface area contributed by atoms with Crippen molar-refractivity contribution in [2.24, 2.45) is 5.73 Å². The van der Waals surface area contributed by atoms with Gasteiger partial charge in [0.05, 0.1) is 12.1 Å². The van der Waals surface area contributed by atoms with E-state index in [-0.39, 0.29) is 11.9 Å². The topological polar surface area (TPSA) is 64.3 Å². The van der Waals surface area contributed by atoms with Crippen LogP contribution < -0.4 is 11.1 Å². The maximum Gasteiger partial charge on any atom is 0.235 e. The highest BCUT2D eigenvalue weighted by Gasteiger charge is 2.26. The molecule has 0 saturated carbocycles. The summed E-state index contributed by atoms with van der Waals surface area (Å²) in [6, 6.07) is -0.229. The lowest BCUT2D eigenvalue weighted by atomic mass is 10.3. The van der Waals surface area contributed by atoms with E-state index in [4.69, 9.17) is 10.5 Å². The molecule has 1 aliphatic rings. The average Bonchev–Trinajstić information content (AvgIpc) is 2.52. The fourth-order valence-corrected chi connectivity index (χ4v) is 2.84. The van der Waals surface area contributed by atoms with Gasteiger partial charge in [0, 0.05) is 17.6 Å². The summed E-state index contributed by atoms with van der Waals surface area (Å²) in [7, 11) is 1.75. The Morgan fingerprint density at radius 3 is 2.93 bits per heavy atom. The Morgan fingerprint density at radius 2 is 2.50 bits per heavy atom. The van der Waals surface area contributed by atoms with E-state index in [0.29, 0.717) is 11.4 Å². The fraction of sp³-hybridized carbons (Fsp3) is 0.889. The van der Waals surface area contributed by atoms with E-state index < -0.39 is 0 Å². The predicted octanol–water partition coefficient (Wildman–Crippen LogP) is -0.0297. The number of carbonyl (C=O) groups is 1. The van der Waals surface area contributed by atoms with Crippen molar-refractivity contribution in [1.29, 1.82) is 0 Å². The van der Waals surface area contributed by atoms with Gasteiger partial charge >= 0.3 is 0 Å². The molecule has 1 fully saturated rings.